The Morgan fingerprint density at radius 1 is 1.20 bits per heavy atom. The first-order valence-electron chi connectivity index (χ1n) is 16.4. The average Bonchev–Trinajstić information content (AvgIpc) is 3.42. The Bertz CT molecular complexity index is 1190. The average molecular weight is 633 g/mol. The van der Waals surface area contributed by atoms with Gasteiger partial charge in [-0.05, 0) is 67.7 Å². The molecular formula is C34H52N2O9. The molecule has 1 aromatic carbocycles. The Kier molecular flexibility index (Phi) is 12.7. The van der Waals surface area contributed by atoms with Crippen molar-refractivity contribution in [3.8, 4) is 11.5 Å². The highest BCUT2D eigenvalue weighted by Crippen LogP contribution is 2.51. The number of fused-ring (bicyclic) bond motifs is 3. The zero-order valence-electron chi connectivity index (χ0n) is 27.4. The van der Waals surface area contributed by atoms with Gasteiger partial charge in [0, 0.05) is 37.4 Å². The van der Waals surface area contributed by atoms with E-state index < -0.39 is 30.1 Å². The van der Waals surface area contributed by atoms with Gasteiger partial charge < -0.3 is 44.5 Å². The summed E-state index contributed by atoms with van der Waals surface area (Å²) in [6, 6.07) is 2.52. The molecule has 2 amide bonds. The Labute approximate surface area is 266 Å². The molecule has 0 bridgehead atoms. The lowest BCUT2D eigenvalue weighted by molar-refractivity contribution is -0.147. The molecule has 1 heterocycles. The molecule has 4 rings (SSSR count). The van der Waals surface area contributed by atoms with Crippen molar-refractivity contribution in [3.63, 3.8) is 0 Å². The zero-order chi connectivity index (χ0) is 32.7. The van der Waals surface area contributed by atoms with Crippen molar-refractivity contribution in [2.24, 2.45) is 17.8 Å². The predicted molar refractivity (Wildman–Crippen MR) is 168 cm³/mol. The molecule has 7 atom stereocenters. The number of hydrogen-bond acceptors (Lipinski definition) is 9. The molecule has 45 heavy (non-hydrogen) atoms. The van der Waals surface area contributed by atoms with E-state index in [1.54, 1.807) is 23.1 Å². The maximum Gasteiger partial charge on any atom is 0.249 e. The second-order valence-corrected chi connectivity index (χ2v) is 12.8. The van der Waals surface area contributed by atoms with Gasteiger partial charge in [-0.15, -0.1) is 0 Å². The van der Waals surface area contributed by atoms with Crippen LogP contribution in [-0.4, -0.2) is 103 Å². The third-order valence-electron chi connectivity index (χ3n) is 9.45. The lowest BCUT2D eigenvalue weighted by Gasteiger charge is -2.41. The third-order valence-corrected chi connectivity index (χ3v) is 9.45. The van der Waals surface area contributed by atoms with E-state index >= 15 is 0 Å². The molecule has 1 fully saturated rings. The van der Waals surface area contributed by atoms with E-state index in [2.05, 4.69) is 26.1 Å². The number of ether oxygens (including phenoxy) is 4. The van der Waals surface area contributed by atoms with E-state index in [1.165, 1.54) is 7.11 Å². The van der Waals surface area contributed by atoms with Gasteiger partial charge in [-0.2, -0.15) is 0 Å². The summed E-state index contributed by atoms with van der Waals surface area (Å²) in [7, 11) is 1.49. The molecule has 0 radical (unpaired) electrons. The summed E-state index contributed by atoms with van der Waals surface area (Å²) in [6.07, 6.45) is 3.17. The Hall–Kier alpha value is -2.70. The molecular weight excluding hydrogens is 580 g/mol. The van der Waals surface area contributed by atoms with Crippen molar-refractivity contribution < 1.29 is 43.9 Å². The first kappa shape index (κ1) is 35.2. The maximum absolute atomic E-state index is 14.0. The highest BCUT2D eigenvalue weighted by Gasteiger charge is 2.51. The molecule has 4 N–H and O–H groups in total. The van der Waals surface area contributed by atoms with Gasteiger partial charge in [0.25, 0.3) is 0 Å². The van der Waals surface area contributed by atoms with E-state index in [9.17, 15) is 24.9 Å². The van der Waals surface area contributed by atoms with Crippen LogP contribution in [0.25, 0.3) is 0 Å². The molecule has 2 aliphatic carbocycles. The van der Waals surface area contributed by atoms with E-state index in [1.807, 2.05) is 6.92 Å². The Morgan fingerprint density at radius 2 is 1.98 bits per heavy atom. The fraction of sp³-hybridized carbons (Fsp3) is 0.706. The molecule has 11 nitrogen and oxygen atoms in total. The van der Waals surface area contributed by atoms with Gasteiger partial charge in [-0.3, -0.25) is 9.59 Å². The molecule has 252 valence electrons. The van der Waals surface area contributed by atoms with Crippen molar-refractivity contribution in [1.82, 2.24) is 10.2 Å². The smallest absolute Gasteiger partial charge is 0.249 e. The molecule has 0 saturated heterocycles. The Balaban J connectivity index is 1.67. The van der Waals surface area contributed by atoms with Crippen molar-refractivity contribution in [1.29, 1.82) is 0 Å². The third kappa shape index (κ3) is 8.00. The van der Waals surface area contributed by atoms with Gasteiger partial charge in [0.05, 0.1) is 38.4 Å². The number of carbonyl (C=O) groups excluding carboxylic acids is 2. The highest BCUT2D eigenvalue weighted by molar-refractivity contribution is 5.96. The van der Waals surface area contributed by atoms with E-state index in [-0.39, 0.29) is 44.9 Å². The van der Waals surface area contributed by atoms with Crippen LogP contribution in [0.5, 0.6) is 11.5 Å². The summed E-state index contributed by atoms with van der Waals surface area (Å²) in [6.45, 7) is 9.18. The second kappa shape index (κ2) is 16.2. The van der Waals surface area contributed by atoms with Crippen molar-refractivity contribution >= 4 is 11.8 Å². The fourth-order valence-corrected chi connectivity index (χ4v) is 7.11. The molecule has 7 unspecified atom stereocenters. The number of hydrogen-bond donors (Lipinski definition) is 4. The van der Waals surface area contributed by atoms with Crippen LogP contribution >= 0.6 is 0 Å². The van der Waals surface area contributed by atoms with Crippen LogP contribution < -0.4 is 14.8 Å². The second-order valence-electron chi connectivity index (χ2n) is 12.8. The number of aliphatic hydroxyl groups is 3. The minimum absolute atomic E-state index is 0.0279. The summed E-state index contributed by atoms with van der Waals surface area (Å²) >= 11 is 0. The van der Waals surface area contributed by atoms with Crippen LogP contribution in [0, 0.1) is 17.8 Å². The molecule has 1 aromatic rings. The van der Waals surface area contributed by atoms with Crippen LogP contribution in [0.2, 0.25) is 0 Å². The maximum atomic E-state index is 14.0. The van der Waals surface area contributed by atoms with Crippen molar-refractivity contribution in [2.45, 2.75) is 90.3 Å². The number of aliphatic hydroxyl groups excluding tert-OH is 3. The van der Waals surface area contributed by atoms with Crippen LogP contribution in [0.1, 0.15) is 70.4 Å². The minimum Gasteiger partial charge on any atom is -0.493 e. The predicted octanol–water partition coefficient (Wildman–Crippen LogP) is 2.54. The minimum atomic E-state index is -1.19. The molecule has 11 heteroatoms. The standard InChI is InChI=1S/C34H52N2O9/c1-6-43-13-7-11-36(29(39)19-44-27-14-21(4)8-9-23(27)20(2)3)26-17-25(34(41)35-10-12-37)30-24-15-22(18-38)16-28(42-5)32(24)45-33(30)31(26)40/h15-17,20-21,23,26-27,30-31,33,37-38,40H,6-14,18-19H2,1-5H3,(H,35,41). The number of nitrogens with one attached hydrogen (secondary N) is 1. The molecule has 0 spiro atoms. The quantitative estimate of drug-likeness (QED) is 0.214. The summed E-state index contributed by atoms with van der Waals surface area (Å²) in [5, 5.41) is 33.9. The van der Waals surface area contributed by atoms with Gasteiger partial charge in [-0.1, -0.05) is 27.2 Å². The van der Waals surface area contributed by atoms with E-state index in [0.717, 1.165) is 19.3 Å². The number of nitrogens with zero attached hydrogens (tertiary/aromatic N) is 1. The summed E-state index contributed by atoms with van der Waals surface area (Å²) in [5.41, 5.74) is 1.49. The molecule has 1 aliphatic heterocycles. The van der Waals surface area contributed by atoms with Crippen molar-refractivity contribution in [3.05, 3.63) is 34.9 Å². The first-order chi connectivity index (χ1) is 21.6. The van der Waals surface area contributed by atoms with Gasteiger partial charge >= 0.3 is 0 Å². The normalized spacial score (nSPS) is 27.3. The summed E-state index contributed by atoms with van der Waals surface area (Å²) in [4.78, 5) is 29.1. The number of benzene rings is 1. The van der Waals surface area contributed by atoms with Gasteiger partial charge in [-0.25, -0.2) is 0 Å². The molecule has 1 saturated carbocycles. The number of amides is 2. The summed E-state index contributed by atoms with van der Waals surface area (Å²) in [5.74, 6) is 0.686. The van der Waals surface area contributed by atoms with Crippen LogP contribution in [0.3, 0.4) is 0 Å². The SMILES string of the molecule is CCOCCCN(C(=O)COC1CC(C)CCC1C(C)C)C1C=C(C(=O)NCCO)C2c3cc(CO)cc(OC)c3OC2C1O. The first-order valence-corrected chi connectivity index (χ1v) is 16.4. The van der Waals surface area contributed by atoms with Crippen molar-refractivity contribution in [2.75, 3.05) is 46.6 Å². The topological polar surface area (TPSA) is 147 Å². The number of carbonyl (C=O) groups is 2. The van der Waals surface area contributed by atoms with E-state index in [0.29, 0.717) is 65.6 Å². The van der Waals surface area contributed by atoms with Gasteiger partial charge in [0.1, 0.15) is 18.8 Å². The lowest BCUT2D eigenvalue weighted by atomic mass is 9.75. The fourth-order valence-electron chi connectivity index (χ4n) is 7.11. The molecule has 3 aliphatic rings. The van der Waals surface area contributed by atoms with E-state index in [4.69, 9.17) is 18.9 Å². The number of methoxy groups -OCH3 is 1. The Morgan fingerprint density at radius 3 is 2.64 bits per heavy atom. The zero-order valence-corrected chi connectivity index (χ0v) is 27.4. The van der Waals surface area contributed by atoms with Crippen LogP contribution in [0.15, 0.2) is 23.8 Å². The molecule has 0 aromatic heterocycles. The van der Waals surface area contributed by atoms with Gasteiger partial charge in [0.2, 0.25) is 11.8 Å². The van der Waals surface area contributed by atoms with Gasteiger partial charge in [0.15, 0.2) is 11.5 Å². The summed E-state index contributed by atoms with van der Waals surface area (Å²) < 4.78 is 23.8. The largest absolute Gasteiger partial charge is 0.493 e. The highest BCUT2D eigenvalue weighted by atomic mass is 16.5. The lowest BCUT2D eigenvalue weighted by Crippen LogP contribution is -2.56. The monoisotopic (exact) mass is 632 g/mol. The number of rotatable bonds is 15. The van der Waals surface area contributed by atoms with Crippen LogP contribution in [-0.2, 0) is 25.7 Å². The van der Waals surface area contributed by atoms with Crippen LogP contribution in [0.4, 0.5) is 0 Å².